The van der Waals surface area contributed by atoms with Crippen molar-refractivity contribution in [2.75, 3.05) is 13.2 Å². The van der Waals surface area contributed by atoms with Crippen LogP contribution in [-0.4, -0.2) is 35.5 Å². The highest BCUT2D eigenvalue weighted by Gasteiger charge is 2.07. The van der Waals surface area contributed by atoms with Crippen molar-refractivity contribution >= 4 is 5.97 Å². The maximum absolute atomic E-state index is 11.4. The third kappa shape index (κ3) is 19.3. The summed E-state index contributed by atoms with van der Waals surface area (Å²) in [4.78, 5) is 11.4. The van der Waals surface area contributed by atoms with E-state index in [0.29, 0.717) is 6.42 Å². The topological polar surface area (TPSA) is 66.8 Å². The zero-order valence-corrected chi connectivity index (χ0v) is 16.3. The second-order valence-corrected chi connectivity index (χ2v) is 6.85. The average molecular weight is 357 g/mol. The Bertz CT molecular complexity index is 315. The van der Waals surface area contributed by atoms with E-state index in [-0.39, 0.29) is 19.2 Å². The maximum atomic E-state index is 11.4. The van der Waals surface area contributed by atoms with Crippen LogP contribution in [0.4, 0.5) is 0 Å². The third-order valence-corrected chi connectivity index (χ3v) is 4.29. The number of ether oxygens (including phenoxy) is 1. The molecule has 4 nitrogen and oxygen atoms in total. The lowest BCUT2D eigenvalue weighted by Crippen LogP contribution is -2.21. The Balaban J connectivity index is 3.22. The quantitative estimate of drug-likeness (QED) is 0.208. The summed E-state index contributed by atoms with van der Waals surface area (Å²) in [6.07, 6.45) is 20.1. The van der Waals surface area contributed by atoms with E-state index in [4.69, 9.17) is 14.9 Å². The Kier molecular flexibility index (Phi) is 18.8. The van der Waals surface area contributed by atoms with Crippen LogP contribution in [0.3, 0.4) is 0 Å². The number of hydrogen-bond acceptors (Lipinski definition) is 4. The van der Waals surface area contributed by atoms with Gasteiger partial charge in [0.15, 0.2) is 0 Å². The lowest BCUT2D eigenvalue weighted by Gasteiger charge is -2.08. The predicted molar refractivity (Wildman–Crippen MR) is 104 cm³/mol. The van der Waals surface area contributed by atoms with E-state index in [0.717, 1.165) is 25.7 Å². The Morgan fingerprint density at radius 2 is 1.40 bits per heavy atom. The molecule has 0 aromatic carbocycles. The molecule has 0 saturated heterocycles. The second-order valence-electron chi connectivity index (χ2n) is 6.85. The fraction of sp³-hybridized carbons (Fsp3) is 0.857. The van der Waals surface area contributed by atoms with Crippen molar-refractivity contribution in [1.29, 1.82) is 0 Å². The molecule has 0 spiro atoms. The molecule has 0 amide bonds. The summed E-state index contributed by atoms with van der Waals surface area (Å²) in [6.45, 7) is 1.77. The number of aliphatic hydroxyl groups is 2. The van der Waals surface area contributed by atoms with Gasteiger partial charge in [-0.05, 0) is 32.1 Å². The monoisotopic (exact) mass is 356 g/mol. The molecule has 1 atom stereocenters. The van der Waals surface area contributed by atoms with Gasteiger partial charge in [-0.15, -0.1) is 0 Å². The molecule has 0 bridgehead atoms. The maximum Gasteiger partial charge on any atom is 0.305 e. The van der Waals surface area contributed by atoms with E-state index in [9.17, 15) is 4.79 Å². The molecule has 0 fully saturated rings. The third-order valence-electron chi connectivity index (χ3n) is 4.29. The molecule has 0 aliphatic rings. The van der Waals surface area contributed by atoms with Crippen LogP contribution in [0.5, 0.6) is 0 Å². The van der Waals surface area contributed by atoms with E-state index in [1.165, 1.54) is 57.8 Å². The summed E-state index contributed by atoms with van der Waals surface area (Å²) in [7, 11) is 0. The van der Waals surface area contributed by atoms with Crippen LogP contribution in [0.1, 0.15) is 96.8 Å². The molecule has 2 N–H and O–H groups in total. The van der Waals surface area contributed by atoms with Crippen LogP contribution in [0.15, 0.2) is 12.2 Å². The largest absolute Gasteiger partial charge is 0.463 e. The molecular formula is C21H40O4. The number of aliphatic hydroxyl groups excluding tert-OH is 2. The normalized spacial score (nSPS) is 12.6. The molecule has 0 heterocycles. The minimum absolute atomic E-state index is 0.111. The SMILES string of the molecule is CCCCCCCC/C=C\CCCCCCCC(=O)OC[C@H](O)CO. The van der Waals surface area contributed by atoms with Gasteiger partial charge < -0.3 is 14.9 Å². The van der Waals surface area contributed by atoms with Gasteiger partial charge in [0.2, 0.25) is 0 Å². The van der Waals surface area contributed by atoms with Gasteiger partial charge in [0, 0.05) is 6.42 Å². The number of carbonyl (C=O) groups is 1. The lowest BCUT2D eigenvalue weighted by atomic mass is 10.1. The Morgan fingerprint density at radius 3 is 1.96 bits per heavy atom. The van der Waals surface area contributed by atoms with Gasteiger partial charge in [0.1, 0.15) is 12.7 Å². The fourth-order valence-corrected chi connectivity index (χ4v) is 2.65. The molecule has 0 unspecified atom stereocenters. The Morgan fingerprint density at radius 1 is 0.880 bits per heavy atom. The van der Waals surface area contributed by atoms with E-state index in [1.807, 2.05) is 0 Å². The zero-order chi connectivity index (χ0) is 18.6. The molecule has 0 aromatic rings. The van der Waals surface area contributed by atoms with Crippen LogP contribution in [0.2, 0.25) is 0 Å². The fourth-order valence-electron chi connectivity index (χ4n) is 2.65. The number of rotatable bonds is 18. The summed E-state index contributed by atoms with van der Waals surface area (Å²) < 4.78 is 4.86. The van der Waals surface area contributed by atoms with E-state index in [1.54, 1.807) is 0 Å². The molecule has 0 saturated carbocycles. The first-order chi connectivity index (χ1) is 12.2. The Labute approximate surface area is 154 Å². The number of unbranched alkanes of at least 4 members (excludes halogenated alkanes) is 11. The molecule has 0 aliphatic heterocycles. The number of hydrogen-bond donors (Lipinski definition) is 2. The van der Waals surface area contributed by atoms with Gasteiger partial charge in [0.05, 0.1) is 6.61 Å². The summed E-state index contributed by atoms with van der Waals surface area (Å²) in [5, 5.41) is 17.7. The van der Waals surface area contributed by atoms with Gasteiger partial charge in [0.25, 0.3) is 0 Å². The van der Waals surface area contributed by atoms with E-state index >= 15 is 0 Å². The highest BCUT2D eigenvalue weighted by atomic mass is 16.5. The standard InChI is InChI=1S/C21H40O4/c1-2-3-4-5-6-7-8-9-10-11-12-13-14-15-16-17-21(24)25-19-20(23)18-22/h9-10,20,22-23H,2-8,11-19H2,1H3/b10-9-/t20-/m1/s1. The zero-order valence-electron chi connectivity index (χ0n) is 16.3. The molecule has 148 valence electrons. The summed E-state index contributed by atoms with van der Waals surface area (Å²) in [5.74, 6) is -0.287. The Hall–Kier alpha value is -0.870. The predicted octanol–water partition coefficient (Wildman–Crippen LogP) is 4.92. The molecule has 0 radical (unpaired) electrons. The molecular weight excluding hydrogens is 316 g/mol. The van der Waals surface area contributed by atoms with Crippen LogP contribution in [0.25, 0.3) is 0 Å². The number of allylic oxidation sites excluding steroid dienone is 2. The van der Waals surface area contributed by atoms with Crippen molar-refractivity contribution in [2.45, 2.75) is 103 Å². The number of esters is 1. The van der Waals surface area contributed by atoms with Crippen molar-refractivity contribution in [3.05, 3.63) is 12.2 Å². The van der Waals surface area contributed by atoms with E-state index in [2.05, 4.69) is 19.1 Å². The molecule has 0 aliphatic carbocycles. The highest BCUT2D eigenvalue weighted by Crippen LogP contribution is 2.10. The first-order valence-corrected chi connectivity index (χ1v) is 10.3. The lowest BCUT2D eigenvalue weighted by molar-refractivity contribution is -0.147. The van der Waals surface area contributed by atoms with Gasteiger partial charge in [-0.3, -0.25) is 4.79 Å². The molecule has 25 heavy (non-hydrogen) atoms. The second kappa shape index (κ2) is 19.5. The first-order valence-electron chi connectivity index (χ1n) is 10.3. The first kappa shape index (κ1) is 24.1. The highest BCUT2D eigenvalue weighted by molar-refractivity contribution is 5.69. The van der Waals surface area contributed by atoms with Gasteiger partial charge in [-0.25, -0.2) is 0 Å². The van der Waals surface area contributed by atoms with Crippen LogP contribution >= 0.6 is 0 Å². The smallest absolute Gasteiger partial charge is 0.305 e. The van der Waals surface area contributed by atoms with Crippen LogP contribution in [0, 0.1) is 0 Å². The van der Waals surface area contributed by atoms with Crippen molar-refractivity contribution in [2.24, 2.45) is 0 Å². The van der Waals surface area contributed by atoms with Gasteiger partial charge in [-0.1, -0.05) is 70.4 Å². The van der Waals surface area contributed by atoms with Crippen molar-refractivity contribution < 1.29 is 19.7 Å². The van der Waals surface area contributed by atoms with Crippen molar-refractivity contribution in [3.63, 3.8) is 0 Å². The van der Waals surface area contributed by atoms with E-state index < -0.39 is 6.10 Å². The average Bonchev–Trinajstić information content (AvgIpc) is 2.62. The number of carbonyl (C=O) groups excluding carboxylic acids is 1. The van der Waals surface area contributed by atoms with Crippen molar-refractivity contribution in [1.82, 2.24) is 0 Å². The molecule has 0 rings (SSSR count). The summed E-state index contributed by atoms with van der Waals surface area (Å²) >= 11 is 0. The van der Waals surface area contributed by atoms with Crippen molar-refractivity contribution in [3.8, 4) is 0 Å². The minimum Gasteiger partial charge on any atom is -0.463 e. The summed E-state index contributed by atoms with van der Waals surface area (Å²) in [6, 6.07) is 0. The van der Waals surface area contributed by atoms with Crippen LogP contribution in [-0.2, 0) is 9.53 Å². The minimum atomic E-state index is -0.960. The summed E-state index contributed by atoms with van der Waals surface area (Å²) in [5.41, 5.74) is 0. The van der Waals surface area contributed by atoms with Gasteiger partial charge >= 0.3 is 5.97 Å². The van der Waals surface area contributed by atoms with Crippen LogP contribution < -0.4 is 0 Å². The van der Waals surface area contributed by atoms with Gasteiger partial charge in [-0.2, -0.15) is 0 Å². The molecule has 0 aromatic heterocycles. The molecule has 4 heteroatoms.